The number of carbonyl (C=O) groups excluding carboxylic acids is 3. The van der Waals surface area contributed by atoms with Gasteiger partial charge in [-0.3, -0.25) is 14.4 Å². The zero-order valence-electron chi connectivity index (χ0n) is 20.9. The third kappa shape index (κ3) is 3.61. The average molecular weight is 521 g/mol. The Labute approximate surface area is 217 Å². The summed E-state index contributed by atoms with van der Waals surface area (Å²) in [5, 5.41) is 47.9. The van der Waals surface area contributed by atoms with Crippen LogP contribution in [-0.2, 0) is 27.3 Å². The minimum Gasteiger partial charge on any atom is -0.508 e. The number of nitrogens with one attached hydrogen (secondary N) is 1. The molecule has 3 aliphatic rings. The van der Waals surface area contributed by atoms with Gasteiger partial charge in [0.15, 0.2) is 11.4 Å². The molecule has 0 radical (unpaired) electrons. The molecule has 1 aromatic carbocycles. The average Bonchev–Trinajstić information content (AvgIpc) is 2.86. The van der Waals surface area contributed by atoms with Gasteiger partial charge in [-0.05, 0) is 42.5 Å². The van der Waals surface area contributed by atoms with Crippen molar-refractivity contribution in [1.29, 1.82) is 0 Å². The fourth-order valence-electron chi connectivity index (χ4n) is 5.91. The second-order valence-electron chi connectivity index (χ2n) is 10.1. The molecular weight excluding hydrogens is 492 g/mol. The molecule has 1 fully saturated rings. The number of hydrogen-bond donors (Lipinski definition) is 6. The monoisotopic (exact) mass is 520 g/mol. The number of benzene rings is 1. The first-order chi connectivity index (χ1) is 18.0. The number of nitrogens with zero attached hydrogens (tertiary/aromatic N) is 2. The normalized spacial score (nSPS) is 24.5. The smallest absolute Gasteiger partial charge is 0.255 e. The number of primary amides is 1. The molecule has 0 bridgehead atoms. The van der Waals surface area contributed by atoms with Gasteiger partial charge in [-0.25, -0.2) is 4.98 Å². The van der Waals surface area contributed by atoms with Gasteiger partial charge in [0.05, 0.1) is 5.56 Å². The van der Waals surface area contributed by atoms with Crippen molar-refractivity contribution in [3.05, 3.63) is 64.1 Å². The lowest BCUT2D eigenvalue weighted by Gasteiger charge is -2.46. The highest BCUT2D eigenvalue weighted by Gasteiger charge is 2.60. The molecule has 1 aromatic heterocycles. The van der Waals surface area contributed by atoms with Gasteiger partial charge in [-0.2, -0.15) is 0 Å². The lowest BCUT2D eigenvalue weighted by Crippen LogP contribution is -2.58. The molecule has 11 nitrogen and oxygen atoms in total. The molecule has 3 atom stereocenters. The van der Waals surface area contributed by atoms with Crippen LogP contribution in [0.4, 0.5) is 11.5 Å². The number of Topliss-reactive ketones (excluding diaryl/α,β-unsaturated/α-hetero) is 2. The second-order valence-corrected chi connectivity index (χ2v) is 10.1. The Hall–Kier alpha value is -4.38. The third-order valence-corrected chi connectivity index (χ3v) is 7.73. The van der Waals surface area contributed by atoms with Gasteiger partial charge in [0.25, 0.3) is 5.91 Å². The molecule has 38 heavy (non-hydrogen) atoms. The number of aromatic nitrogens is 1. The number of aromatic hydroxyl groups is 1. The van der Waals surface area contributed by atoms with Crippen LogP contribution in [0.5, 0.6) is 5.75 Å². The van der Waals surface area contributed by atoms with Crippen LogP contribution in [0.3, 0.4) is 0 Å². The number of fused-ring (bicyclic) bond motifs is 3. The Kier molecular flexibility index (Phi) is 5.90. The summed E-state index contributed by atoms with van der Waals surface area (Å²) in [5.41, 5.74) is 3.48. The molecule has 5 rings (SSSR count). The van der Waals surface area contributed by atoms with E-state index in [2.05, 4.69) is 10.3 Å². The van der Waals surface area contributed by atoms with E-state index in [4.69, 9.17) is 5.73 Å². The molecule has 2 aromatic rings. The first-order valence-corrected chi connectivity index (χ1v) is 12.1. The molecule has 3 unspecified atom stereocenters. The summed E-state index contributed by atoms with van der Waals surface area (Å²) in [7, 11) is 3.63. The van der Waals surface area contributed by atoms with Crippen LogP contribution in [0, 0.1) is 11.8 Å². The van der Waals surface area contributed by atoms with Crippen LogP contribution < -0.4 is 16.0 Å². The predicted molar refractivity (Wildman–Crippen MR) is 137 cm³/mol. The van der Waals surface area contributed by atoms with Crippen LogP contribution in [0.25, 0.3) is 5.76 Å². The van der Waals surface area contributed by atoms with Crippen molar-refractivity contribution in [2.24, 2.45) is 17.6 Å². The van der Waals surface area contributed by atoms with E-state index >= 15 is 0 Å². The number of nitrogens with two attached hydrogens (primary N) is 1. The number of anilines is 2. The molecule has 1 saturated carbocycles. The van der Waals surface area contributed by atoms with Gasteiger partial charge in [0.2, 0.25) is 5.78 Å². The molecule has 0 aliphatic heterocycles. The van der Waals surface area contributed by atoms with E-state index in [9.17, 15) is 34.8 Å². The van der Waals surface area contributed by atoms with Crippen LogP contribution in [-0.4, -0.2) is 62.6 Å². The molecule has 3 aliphatic carbocycles. The third-order valence-electron chi connectivity index (χ3n) is 7.73. The zero-order chi connectivity index (χ0) is 27.5. The summed E-state index contributed by atoms with van der Waals surface area (Å²) in [4.78, 5) is 44.1. The number of phenols is 1. The summed E-state index contributed by atoms with van der Waals surface area (Å²) in [5.74, 6) is -5.88. The molecule has 0 saturated heterocycles. The Balaban J connectivity index is 1.64. The number of hydrogen-bond acceptors (Lipinski definition) is 10. The number of pyridine rings is 1. The minimum atomic E-state index is -2.59. The maximum absolute atomic E-state index is 13.7. The van der Waals surface area contributed by atoms with Gasteiger partial charge in [0, 0.05) is 56.0 Å². The first-order valence-electron chi connectivity index (χ1n) is 12.1. The maximum Gasteiger partial charge on any atom is 0.255 e. The zero-order valence-corrected chi connectivity index (χ0v) is 20.9. The number of phenolic OH excluding ortho intramolecular Hbond substituents is 1. The van der Waals surface area contributed by atoms with E-state index in [1.807, 2.05) is 25.1 Å². The van der Waals surface area contributed by atoms with Crippen molar-refractivity contribution in [1.82, 2.24) is 4.98 Å². The highest BCUT2D eigenvalue weighted by Crippen LogP contribution is 2.53. The number of rotatable bonds is 5. The summed E-state index contributed by atoms with van der Waals surface area (Å²) in [6.45, 7) is 0.163. The van der Waals surface area contributed by atoms with Crippen molar-refractivity contribution in [3.63, 3.8) is 0 Å². The Morgan fingerprint density at radius 2 is 1.95 bits per heavy atom. The van der Waals surface area contributed by atoms with Gasteiger partial charge in [-0.15, -0.1) is 0 Å². The van der Waals surface area contributed by atoms with E-state index in [-0.39, 0.29) is 42.7 Å². The Bertz CT molecular complexity index is 1450. The summed E-state index contributed by atoms with van der Waals surface area (Å²) >= 11 is 0. The molecular formula is C27H28N4O7. The summed E-state index contributed by atoms with van der Waals surface area (Å²) < 4.78 is 0. The van der Waals surface area contributed by atoms with Crippen molar-refractivity contribution in [2.75, 3.05) is 24.3 Å². The Morgan fingerprint density at radius 1 is 1.21 bits per heavy atom. The maximum atomic E-state index is 13.7. The summed E-state index contributed by atoms with van der Waals surface area (Å²) in [6, 6.07) is 7.14. The first kappa shape index (κ1) is 25.3. The lowest BCUT2D eigenvalue weighted by molar-refractivity contribution is -0.147. The lowest BCUT2D eigenvalue weighted by atomic mass is 9.59. The van der Waals surface area contributed by atoms with Crippen molar-refractivity contribution in [3.8, 4) is 5.75 Å². The minimum absolute atomic E-state index is 0.0566. The quantitative estimate of drug-likeness (QED) is 0.315. The molecule has 198 valence electrons. The summed E-state index contributed by atoms with van der Waals surface area (Å²) in [6.07, 6.45) is 1.59. The van der Waals surface area contributed by atoms with E-state index in [0.717, 1.165) is 0 Å². The fraction of sp³-hybridized carbons (Fsp3) is 0.333. The number of aliphatic hydroxyl groups excluding tert-OH is 2. The number of ketones is 2. The highest BCUT2D eigenvalue weighted by atomic mass is 16.3. The SMILES string of the molecule is CN(C)c1cc(CNc2ccccn2)c(O)c2c1CC1CC3CC(=O)C(C(N)=O)=C(O)C3(O)C(=O)C1=C2O. The van der Waals surface area contributed by atoms with Crippen LogP contribution in [0.2, 0.25) is 0 Å². The molecule has 1 amide bonds. The molecule has 7 N–H and O–H groups in total. The van der Waals surface area contributed by atoms with Gasteiger partial charge in [-0.1, -0.05) is 6.07 Å². The second kappa shape index (κ2) is 8.88. The van der Waals surface area contributed by atoms with Crippen LogP contribution in [0.15, 0.2) is 47.4 Å². The Morgan fingerprint density at radius 3 is 2.58 bits per heavy atom. The van der Waals surface area contributed by atoms with Gasteiger partial charge < -0.3 is 36.4 Å². The highest BCUT2D eigenvalue weighted by molar-refractivity contribution is 6.22. The van der Waals surface area contributed by atoms with E-state index in [0.29, 0.717) is 22.6 Å². The molecule has 11 heteroatoms. The van der Waals surface area contributed by atoms with Gasteiger partial charge >= 0.3 is 0 Å². The van der Waals surface area contributed by atoms with Crippen LogP contribution in [0.1, 0.15) is 29.5 Å². The standard InChI is InChI=1S/C27H28N4O7/c1-31(2)16-9-13(11-30-18-5-3-4-6-29-18)22(33)20-15(16)8-12-7-14-10-17(32)21(26(28)37)25(36)27(14,38)24(35)19(12)23(20)34/h3-6,9,12,14,33-34,36,38H,7-8,10-11H2,1-2H3,(H2,28,37)(H,29,30). The van der Waals surface area contributed by atoms with E-state index in [1.165, 1.54) is 0 Å². The van der Waals surface area contributed by atoms with Crippen molar-refractivity contribution in [2.45, 2.75) is 31.4 Å². The number of carbonyl (C=O) groups is 3. The van der Waals surface area contributed by atoms with Crippen LogP contribution >= 0.6 is 0 Å². The van der Waals surface area contributed by atoms with Gasteiger partial charge in [0.1, 0.15) is 28.7 Å². The molecule has 0 spiro atoms. The topological polar surface area (TPSA) is 186 Å². The van der Waals surface area contributed by atoms with E-state index in [1.54, 1.807) is 24.4 Å². The largest absolute Gasteiger partial charge is 0.508 e. The van der Waals surface area contributed by atoms with Crippen molar-refractivity contribution >= 4 is 34.7 Å². The fourth-order valence-corrected chi connectivity index (χ4v) is 5.91. The van der Waals surface area contributed by atoms with Crippen molar-refractivity contribution < 1.29 is 34.8 Å². The molecule has 1 heterocycles. The number of aliphatic hydroxyl groups is 3. The number of amides is 1. The van der Waals surface area contributed by atoms with E-state index < -0.39 is 52.0 Å². The predicted octanol–water partition coefficient (Wildman–Crippen LogP) is 1.50.